The lowest BCUT2D eigenvalue weighted by Crippen LogP contribution is -2.41. The van der Waals surface area contributed by atoms with Crippen LogP contribution in [0.5, 0.6) is 5.75 Å². The normalized spacial score (nSPS) is 11.9. The number of nitrogens with one attached hydrogen (secondary N) is 2. The fraction of sp³-hybridized carbons (Fsp3) is 0.250. The SMILES string of the molecule is COc1cccc(CC(C)NC(=O)NCc2cc3ccccc3o2)c1. The molecule has 2 amide bonds. The zero-order valence-corrected chi connectivity index (χ0v) is 14.4. The topological polar surface area (TPSA) is 63.5 Å². The summed E-state index contributed by atoms with van der Waals surface area (Å²) in [6.07, 6.45) is 0.731. The van der Waals surface area contributed by atoms with E-state index in [0.717, 1.165) is 34.5 Å². The van der Waals surface area contributed by atoms with Crippen molar-refractivity contribution in [1.29, 1.82) is 0 Å². The summed E-state index contributed by atoms with van der Waals surface area (Å²) in [5.41, 5.74) is 1.94. The molecule has 3 rings (SSSR count). The molecule has 0 radical (unpaired) electrons. The van der Waals surface area contributed by atoms with Crippen molar-refractivity contribution < 1.29 is 13.9 Å². The second kappa shape index (κ2) is 7.75. The number of urea groups is 1. The molecule has 3 aromatic rings. The number of carbonyl (C=O) groups is 1. The molecule has 130 valence electrons. The van der Waals surface area contributed by atoms with Crippen molar-refractivity contribution in [3.63, 3.8) is 0 Å². The first-order valence-corrected chi connectivity index (χ1v) is 8.29. The van der Waals surface area contributed by atoms with Crippen molar-refractivity contribution in [3.8, 4) is 5.75 Å². The Morgan fingerprint density at radius 2 is 2.00 bits per heavy atom. The summed E-state index contributed by atoms with van der Waals surface area (Å²) in [5.74, 6) is 1.55. The highest BCUT2D eigenvalue weighted by molar-refractivity contribution is 5.78. The molecule has 25 heavy (non-hydrogen) atoms. The Kier molecular flexibility index (Phi) is 5.23. The Labute approximate surface area is 147 Å². The number of fused-ring (bicyclic) bond motifs is 1. The minimum Gasteiger partial charge on any atom is -0.497 e. The van der Waals surface area contributed by atoms with E-state index in [-0.39, 0.29) is 12.1 Å². The Morgan fingerprint density at radius 3 is 2.80 bits per heavy atom. The van der Waals surface area contributed by atoms with Gasteiger partial charge in [0.25, 0.3) is 0 Å². The minimum absolute atomic E-state index is 0.00257. The van der Waals surface area contributed by atoms with Crippen molar-refractivity contribution in [1.82, 2.24) is 10.6 Å². The number of ether oxygens (including phenoxy) is 1. The molecule has 1 unspecified atom stereocenters. The smallest absolute Gasteiger partial charge is 0.315 e. The van der Waals surface area contributed by atoms with Crippen molar-refractivity contribution in [2.45, 2.75) is 25.9 Å². The zero-order valence-electron chi connectivity index (χ0n) is 14.4. The van der Waals surface area contributed by atoms with Gasteiger partial charge in [-0.25, -0.2) is 4.79 Å². The van der Waals surface area contributed by atoms with Crippen LogP contribution in [0.25, 0.3) is 11.0 Å². The monoisotopic (exact) mass is 338 g/mol. The van der Waals surface area contributed by atoms with Gasteiger partial charge in [-0.2, -0.15) is 0 Å². The third-order valence-electron chi connectivity index (χ3n) is 3.95. The summed E-state index contributed by atoms with van der Waals surface area (Å²) in [4.78, 5) is 12.1. The highest BCUT2D eigenvalue weighted by Crippen LogP contribution is 2.18. The van der Waals surface area contributed by atoms with E-state index in [1.807, 2.05) is 61.5 Å². The van der Waals surface area contributed by atoms with Gasteiger partial charge in [0.2, 0.25) is 0 Å². The van der Waals surface area contributed by atoms with E-state index in [1.54, 1.807) is 7.11 Å². The van der Waals surface area contributed by atoms with E-state index in [4.69, 9.17) is 9.15 Å². The molecule has 0 saturated carbocycles. The second-order valence-electron chi connectivity index (χ2n) is 6.03. The van der Waals surface area contributed by atoms with Gasteiger partial charge in [0.1, 0.15) is 17.1 Å². The predicted molar refractivity (Wildman–Crippen MR) is 97.7 cm³/mol. The van der Waals surface area contributed by atoms with Crippen LogP contribution in [0, 0.1) is 0 Å². The number of furan rings is 1. The van der Waals surface area contributed by atoms with Crippen LogP contribution in [-0.4, -0.2) is 19.2 Å². The highest BCUT2D eigenvalue weighted by Gasteiger charge is 2.10. The average Bonchev–Trinajstić information content (AvgIpc) is 3.03. The second-order valence-corrected chi connectivity index (χ2v) is 6.03. The summed E-state index contributed by atoms with van der Waals surface area (Å²) in [7, 11) is 1.65. The lowest BCUT2D eigenvalue weighted by Gasteiger charge is -2.15. The zero-order chi connectivity index (χ0) is 17.6. The predicted octanol–water partition coefficient (Wildman–Crippen LogP) is 3.87. The van der Waals surface area contributed by atoms with Crippen LogP contribution in [-0.2, 0) is 13.0 Å². The standard InChI is InChI=1S/C20H22N2O3/c1-14(10-15-6-5-8-17(11-15)24-2)22-20(23)21-13-18-12-16-7-3-4-9-19(16)25-18/h3-9,11-12,14H,10,13H2,1-2H3,(H2,21,22,23). The molecule has 5 heteroatoms. The highest BCUT2D eigenvalue weighted by atomic mass is 16.5. The van der Waals surface area contributed by atoms with Crippen molar-refractivity contribution >= 4 is 17.0 Å². The number of rotatable bonds is 6. The van der Waals surface area contributed by atoms with Crippen LogP contribution in [0.15, 0.2) is 59.0 Å². The molecule has 0 spiro atoms. The lowest BCUT2D eigenvalue weighted by molar-refractivity contribution is 0.236. The van der Waals surface area contributed by atoms with Gasteiger partial charge in [-0.3, -0.25) is 0 Å². The van der Waals surface area contributed by atoms with E-state index in [9.17, 15) is 4.79 Å². The lowest BCUT2D eigenvalue weighted by atomic mass is 10.1. The minimum atomic E-state index is -0.212. The van der Waals surface area contributed by atoms with E-state index in [1.165, 1.54) is 0 Å². The van der Waals surface area contributed by atoms with Crippen LogP contribution < -0.4 is 15.4 Å². The number of benzene rings is 2. The van der Waals surface area contributed by atoms with Gasteiger partial charge in [-0.15, -0.1) is 0 Å². The van der Waals surface area contributed by atoms with Gasteiger partial charge in [0.15, 0.2) is 0 Å². The molecular weight excluding hydrogens is 316 g/mol. The van der Waals surface area contributed by atoms with Gasteiger partial charge < -0.3 is 19.8 Å². The van der Waals surface area contributed by atoms with Crippen molar-refractivity contribution in [2.75, 3.05) is 7.11 Å². The van der Waals surface area contributed by atoms with Crippen LogP contribution in [0.2, 0.25) is 0 Å². The summed E-state index contributed by atoms with van der Waals surface area (Å²) in [6.45, 7) is 2.33. The Morgan fingerprint density at radius 1 is 1.16 bits per heavy atom. The number of hydrogen-bond donors (Lipinski definition) is 2. The molecule has 0 bridgehead atoms. The fourth-order valence-corrected chi connectivity index (χ4v) is 2.77. The first-order chi connectivity index (χ1) is 12.1. The van der Waals surface area contributed by atoms with Crippen molar-refractivity contribution in [3.05, 3.63) is 65.9 Å². The molecule has 1 atom stereocenters. The summed E-state index contributed by atoms with van der Waals surface area (Å²) >= 11 is 0. The maximum Gasteiger partial charge on any atom is 0.315 e. The Hall–Kier alpha value is -2.95. The molecule has 0 aliphatic carbocycles. The molecule has 0 fully saturated rings. The van der Waals surface area contributed by atoms with Crippen LogP contribution in [0.4, 0.5) is 4.79 Å². The van der Waals surface area contributed by atoms with Crippen molar-refractivity contribution in [2.24, 2.45) is 0 Å². The van der Waals surface area contributed by atoms with Gasteiger partial charge >= 0.3 is 6.03 Å². The van der Waals surface area contributed by atoms with E-state index >= 15 is 0 Å². The molecule has 0 aliphatic rings. The quantitative estimate of drug-likeness (QED) is 0.717. The third-order valence-corrected chi connectivity index (χ3v) is 3.95. The molecule has 0 saturated heterocycles. The summed E-state index contributed by atoms with van der Waals surface area (Å²) < 4.78 is 10.9. The molecule has 1 heterocycles. The number of amides is 2. The maximum atomic E-state index is 12.1. The van der Waals surface area contributed by atoms with Gasteiger partial charge in [-0.05, 0) is 43.2 Å². The van der Waals surface area contributed by atoms with E-state index < -0.39 is 0 Å². The number of methoxy groups -OCH3 is 1. The summed E-state index contributed by atoms with van der Waals surface area (Å²) in [6, 6.07) is 17.4. The largest absolute Gasteiger partial charge is 0.497 e. The van der Waals surface area contributed by atoms with E-state index in [0.29, 0.717) is 6.54 Å². The number of hydrogen-bond acceptors (Lipinski definition) is 3. The van der Waals surface area contributed by atoms with Crippen LogP contribution >= 0.6 is 0 Å². The maximum absolute atomic E-state index is 12.1. The first kappa shape index (κ1) is 16.9. The summed E-state index contributed by atoms with van der Waals surface area (Å²) in [5, 5.41) is 6.80. The van der Waals surface area contributed by atoms with Crippen LogP contribution in [0.3, 0.4) is 0 Å². The number of carbonyl (C=O) groups excluding carboxylic acids is 1. The molecule has 5 nitrogen and oxygen atoms in total. The van der Waals surface area contributed by atoms with Crippen LogP contribution in [0.1, 0.15) is 18.2 Å². The van der Waals surface area contributed by atoms with E-state index in [2.05, 4.69) is 10.6 Å². The first-order valence-electron chi connectivity index (χ1n) is 8.29. The molecule has 2 N–H and O–H groups in total. The third kappa shape index (κ3) is 4.53. The van der Waals surface area contributed by atoms with Gasteiger partial charge in [0, 0.05) is 11.4 Å². The molecular formula is C20H22N2O3. The van der Waals surface area contributed by atoms with Gasteiger partial charge in [0.05, 0.1) is 13.7 Å². The molecule has 1 aromatic heterocycles. The Balaban J connectivity index is 1.49. The average molecular weight is 338 g/mol. The number of para-hydroxylation sites is 1. The Bertz CT molecular complexity index is 824. The fourth-order valence-electron chi connectivity index (χ4n) is 2.77. The van der Waals surface area contributed by atoms with Gasteiger partial charge in [-0.1, -0.05) is 30.3 Å². The molecule has 0 aliphatic heterocycles. The molecule has 2 aromatic carbocycles.